The van der Waals surface area contributed by atoms with Crippen LogP contribution in [-0.2, 0) is 20.9 Å². The van der Waals surface area contributed by atoms with E-state index in [2.05, 4.69) is 10.6 Å². The van der Waals surface area contributed by atoms with Crippen molar-refractivity contribution in [3.05, 3.63) is 29.8 Å². The first-order chi connectivity index (χ1) is 10.7. The van der Waals surface area contributed by atoms with E-state index in [-0.39, 0.29) is 17.9 Å². The lowest BCUT2D eigenvalue weighted by Gasteiger charge is -2.11. The Morgan fingerprint density at radius 2 is 2.23 bits per heavy atom. The number of anilines is 1. The number of nitrogens with two attached hydrogens (primary N) is 1. The number of ether oxygens (including phenoxy) is 1. The summed E-state index contributed by atoms with van der Waals surface area (Å²) < 4.78 is 5.35. The van der Waals surface area contributed by atoms with Gasteiger partial charge in [0, 0.05) is 25.3 Å². The summed E-state index contributed by atoms with van der Waals surface area (Å²) in [6, 6.07) is 7.44. The van der Waals surface area contributed by atoms with Gasteiger partial charge in [0.2, 0.25) is 5.91 Å². The lowest BCUT2D eigenvalue weighted by Crippen LogP contribution is -2.27. The van der Waals surface area contributed by atoms with E-state index in [4.69, 9.17) is 10.5 Å². The number of amides is 2. The predicted octanol–water partition coefficient (Wildman–Crippen LogP) is 1.16. The average Bonchev–Trinajstić information content (AvgIpc) is 3.06. The Balaban J connectivity index is 1.84. The summed E-state index contributed by atoms with van der Waals surface area (Å²) in [7, 11) is 0. The molecule has 1 saturated heterocycles. The summed E-state index contributed by atoms with van der Waals surface area (Å²) in [5, 5.41) is 5.69. The Bertz CT molecular complexity index is 513. The van der Waals surface area contributed by atoms with Crippen LogP contribution in [0.2, 0.25) is 0 Å². The van der Waals surface area contributed by atoms with Crippen LogP contribution in [0.3, 0.4) is 0 Å². The number of benzene rings is 1. The molecule has 1 aromatic rings. The highest BCUT2D eigenvalue weighted by molar-refractivity contribution is 5.94. The van der Waals surface area contributed by atoms with Gasteiger partial charge >= 0.3 is 0 Å². The second kappa shape index (κ2) is 8.51. The quantitative estimate of drug-likeness (QED) is 0.704. The Morgan fingerprint density at radius 3 is 2.95 bits per heavy atom. The number of nitrogens with one attached hydrogen (secondary N) is 2. The molecule has 4 N–H and O–H groups in total. The predicted molar refractivity (Wildman–Crippen MR) is 84.2 cm³/mol. The molecular weight excluding hydrogens is 282 g/mol. The molecule has 0 aromatic heterocycles. The molecule has 120 valence electrons. The molecule has 1 unspecified atom stereocenters. The third-order valence-corrected chi connectivity index (χ3v) is 3.51. The molecule has 22 heavy (non-hydrogen) atoms. The van der Waals surface area contributed by atoms with Crippen molar-refractivity contribution in [3.8, 4) is 0 Å². The number of hydrogen-bond donors (Lipinski definition) is 3. The Labute approximate surface area is 130 Å². The summed E-state index contributed by atoms with van der Waals surface area (Å²) in [5.74, 6) is -0.124. The monoisotopic (exact) mass is 305 g/mol. The molecule has 2 rings (SSSR count). The number of hydrogen-bond acceptors (Lipinski definition) is 4. The van der Waals surface area contributed by atoms with Crippen LogP contribution < -0.4 is 16.4 Å². The first-order valence-electron chi connectivity index (χ1n) is 7.67. The van der Waals surface area contributed by atoms with Crippen molar-refractivity contribution in [1.82, 2.24) is 5.32 Å². The molecule has 1 aliphatic rings. The molecule has 2 amide bonds. The zero-order valence-electron chi connectivity index (χ0n) is 12.6. The van der Waals surface area contributed by atoms with Crippen molar-refractivity contribution < 1.29 is 14.3 Å². The van der Waals surface area contributed by atoms with E-state index in [0.29, 0.717) is 38.2 Å². The second-order valence-electron chi connectivity index (χ2n) is 5.36. The lowest BCUT2D eigenvalue weighted by atomic mass is 10.1. The van der Waals surface area contributed by atoms with Crippen LogP contribution in [-0.4, -0.2) is 31.1 Å². The SMILES string of the molecule is NCCCC(=O)NCc1cccc(NC(=O)C2CCCO2)c1. The Kier molecular flexibility index (Phi) is 6.36. The minimum atomic E-state index is -0.348. The van der Waals surface area contributed by atoms with Crippen molar-refractivity contribution in [2.24, 2.45) is 5.73 Å². The molecule has 1 fully saturated rings. The van der Waals surface area contributed by atoms with Gasteiger partial charge in [0.1, 0.15) is 6.10 Å². The maximum absolute atomic E-state index is 12.0. The van der Waals surface area contributed by atoms with Crippen molar-refractivity contribution in [1.29, 1.82) is 0 Å². The third kappa shape index (κ3) is 5.13. The standard InChI is InChI=1S/C16H23N3O3/c17-8-2-7-15(20)18-11-12-4-1-5-13(10-12)19-16(21)14-6-3-9-22-14/h1,4-5,10,14H,2-3,6-9,11,17H2,(H,18,20)(H,19,21). The normalized spacial score (nSPS) is 17.2. The first-order valence-corrected chi connectivity index (χ1v) is 7.67. The summed E-state index contributed by atoms with van der Waals surface area (Å²) in [4.78, 5) is 23.6. The number of rotatable bonds is 7. The molecule has 0 spiro atoms. The van der Waals surface area contributed by atoms with Crippen LogP contribution >= 0.6 is 0 Å². The van der Waals surface area contributed by atoms with Crippen molar-refractivity contribution in [3.63, 3.8) is 0 Å². The fourth-order valence-corrected chi connectivity index (χ4v) is 2.32. The van der Waals surface area contributed by atoms with Crippen LogP contribution in [0.25, 0.3) is 0 Å². The Hall–Kier alpha value is -1.92. The van der Waals surface area contributed by atoms with Crippen molar-refractivity contribution in [2.75, 3.05) is 18.5 Å². The van der Waals surface area contributed by atoms with Gasteiger partial charge in [-0.05, 0) is 43.5 Å². The molecular formula is C16H23N3O3. The highest BCUT2D eigenvalue weighted by Gasteiger charge is 2.23. The third-order valence-electron chi connectivity index (χ3n) is 3.51. The minimum Gasteiger partial charge on any atom is -0.368 e. The van der Waals surface area contributed by atoms with Crippen LogP contribution in [0.4, 0.5) is 5.69 Å². The summed E-state index contributed by atoms with van der Waals surface area (Å²) in [6.07, 6.45) is 2.46. The molecule has 1 heterocycles. The van der Waals surface area contributed by atoms with E-state index in [1.165, 1.54) is 0 Å². The maximum atomic E-state index is 12.0. The maximum Gasteiger partial charge on any atom is 0.253 e. The average molecular weight is 305 g/mol. The zero-order valence-corrected chi connectivity index (χ0v) is 12.6. The summed E-state index contributed by atoms with van der Waals surface area (Å²) in [6.45, 7) is 1.60. The Morgan fingerprint density at radius 1 is 1.36 bits per heavy atom. The van der Waals surface area contributed by atoms with E-state index in [1.807, 2.05) is 24.3 Å². The molecule has 6 heteroatoms. The number of carbonyl (C=O) groups is 2. The fraction of sp³-hybridized carbons (Fsp3) is 0.500. The van der Waals surface area contributed by atoms with Crippen LogP contribution in [0.15, 0.2) is 24.3 Å². The first kappa shape index (κ1) is 16.5. The van der Waals surface area contributed by atoms with E-state index < -0.39 is 0 Å². The lowest BCUT2D eigenvalue weighted by molar-refractivity contribution is -0.124. The molecule has 1 atom stereocenters. The molecule has 1 aliphatic heterocycles. The molecule has 0 aliphatic carbocycles. The largest absolute Gasteiger partial charge is 0.368 e. The van der Waals surface area contributed by atoms with Gasteiger partial charge < -0.3 is 21.1 Å². The van der Waals surface area contributed by atoms with Gasteiger partial charge in [-0.1, -0.05) is 12.1 Å². The van der Waals surface area contributed by atoms with Gasteiger partial charge in [-0.15, -0.1) is 0 Å². The van der Waals surface area contributed by atoms with E-state index in [1.54, 1.807) is 0 Å². The molecule has 6 nitrogen and oxygen atoms in total. The van der Waals surface area contributed by atoms with Gasteiger partial charge in [0.15, 0.2) is 0 Å². The van der Waals surface area contributed by atoms with Crippen molar-refractivity contribution in [2.45, 2.75) is 38.3 Å². The zero-order chi connectivity index (χ0) is 15.8. The van der Waals surface area contributed by atoms with Gasteiger partial charge in [-0.2, -0.15) is 0 Å². The van der Waals surface area contributed by atoms with Gasteiger partial charge in [-0.3, -0.25) is 9.59 Å². The minimum absolute atomic E-state index is 0.0146. The molecule has 0 saturated carbocycles. The van der Waals surface area contributed by atoms with Crippen LogP contribution in [0, 0.1) is 0 Å². The highest BCUT2D eigenvalue weighted by Crippen LogP contribution is 2.16. The van der Waals surface area contributed by atoms with Crippen molar-refractivity contribution >= 4 is 17.5 Å². The second-order valence-corrected chi connectivity index (χ2v) is 5.36. The number of carbonyl (C=O) groups excluding carboxylic acids is 2. The molecule has 1 aromatic carbocycles. The van der Waals surface area contributed by atoms with Crippen LogP contribution in [0.5, 0.6) is 0 Å². The van der Waals surface area contributed by atoms with Gasteiger partial charge in [0.25, 0.3) is 5.91 Å². The van der Waals surface area contributed by atoms with Gasteiger partial charge in [-0.25, -0.2) is 0 Å². The van der Waals surface area contributed by atoms with Gasteiger partial charge in [0.05, 0.1) is 0 Å². The summed E-state index contributed by atoms with van der Waals surface area (Å²) >= 11 is 0. The highest BCUT2D eigenvalue weighted by atomic mass is 16.5. The van der Waals surface area contributed by atoms with E-state index >= 15 is 0 Å². The van der Waals surface area contributed by atoms with E-state index in [0.717, 1.165) is 18.4 Å². The van der Waals surface area contributed by atoms with Crippen LogP contribution in [0.1, 0.15) is 31.2 Å². The molecule has 0 radical (unpaired) electrons. The molecule has 0 bridgehead atoms. The topological polar surface area (TPSA) is 93.5 Å². The fourth-order valence-electron chi connectivity index (χ4n) is 2.32. The van der Waals surface area contributed by atoms with E-state index in [9.17, 15) is 9.59 Å². The smallest absolute Gasteiger partial charge is 0.253 e. The summed E-state index contributed by atoms with van der Waals surface area (Å²) in [5.41, 5.74) is 7.02.